The Morgan fingerprint density at radius 3 is 2.73 bits per heavy atom. The van der Waals surface area contributed by atoms with Crippen LogP contribution in [0.1, 0.15) is 5.56 Å². The highest BCUT2D eigenvalue weighted by Gasteiger charge is 2.12. The van der Waals surface area contributed by atoms with Crippen molar-refractivity contribution in [2.45, 2.75) is 11.6 Å². The minimum absolute atomic E-state index is 0.710. The van der Waals surface area contributed by atoms with Crippen LogP contribution >= 0.6 is 23.1 Å². The Labute approximate surface area is 137 Å². The van der Waals surface area contributed by atoms with Crippen molar-refractivity contribution in [3.05, 3.63) is 47.3 Å². The first-order valence-electron chi connectivity index (χ1n) is 6.78. The molecule has 5 nitrogen and oxygen atoms in total. The van der Waals surface area contributed by atoms with Crippen LogP contribution in [0.2, 0.25) is 0 Å². The maximum atomic E-state index is 6.07. The average molecular weight is 332 g/mol. The van der Waals surface area contributed by atoms with E-state index < -0.39 is 0 Å². The van der Waals surface area contributed by atoms with Crippen LogP contribution < -0.4 is 10.6 Å². The van der Waals surface area contributed by atoms with Gasteiger partial charge in [-0.15, -0.1) is 21.5 Å². The number of rotatable bonds is 6. The van der Waals surface area contributed by atoms with Crippen LogP contribution in [0.4, 0.5) is 0 Å². The third-order valence-electron chi connectivity index (χ3n) is 3.19. The van der Waals surface area contributed by atoms with Crippen molar-refractivity contribution in [1.29, 1.82) is 0 Å². The van der Waals surface area contributed by atoms with Gasteiger partial charge in [-0.1, -0.05) is 30.0 Å². The van der Waals surface area contributed by atoms with E-state index in [0.717, 1.165) is 28.0 Å². The Kier molecular flexibility index (Phi) is 4.65. The Morgan fingerprint density at radius 1 is 1.23 bits per heavy atom. The summed E-state index contributed by atoms with van der Waals surface area (Å²) in [4.78, 5) is 1.03. The lowest BCUT2D eigenvalue weighted by Gasteiger charge is -2.04. The summed E-state index contributed by atoms with van der Waals surface area (Å²) in [5, 5.41) is 11.1. The van der Waals surface area contributed by atoms with E-state index in [9.17, 15) is 0 Å². The van der Waals surface area contributed by atoms with E-state index in [4.69, 9.17) is 10.6 Å². The normalized spacial score (nSPS) is 10.8. The average Bonchev–Trinajstić information content (AvgIpc) is 3.18. The fourth-order valence-electron chi connectivity index (χ4n) is 2.00. The number of benzene rings is 1. The second kappa shape index (κ2) is 6.85. The molecule has 22 heavy (non-hydrogen) atoms. The largest absolute Gasteiger partial charge is 0.497 e. The van der Waals surface area contributed by atoms with E-state index in [1.54, 1.807) is 34.9 Å². The molecule has 0 spiro atoms. The summed E-state index contributed by atoms with van der Waals surface area (Å²) in [5.74, 6) is 8.55. The number of aryl methyl sites for hydroxylation is 1. The van der Waals surface area contributed by atoms with Gasteiger partial charge in [-0.2, -0.15) is 0 Å². The number of hydrogen-bond donors (Lipinski definition) is 1. The molecular formula is C15H16N4OS2. The number of methoxy groups -OCH3 is 1. The van der Waals surface area contributed by atoms with Crippen LogP contribution in [0.3, 0.4) is 0 Å². The molecule has 0 saturated heterocycles. The third kappa shape index (κ3) is 3.26. The Bertz CT molecular complexity index is 723. The second-order valence-corrected chi connectivity index (χ2v) is 6.61. The number of nitrogens with two attached hydrogens (primary N) is 1. The van der Waals surface area contributed by atoms with Crippen molar-refractivity contribution in [1.82, 2.24) is 14.9 Å². The quantitative estimate of drug-likeness (QED) is 0.555. The topological polar surface area (TPSA) is 66.0 Å². The van der Waals surface area contributed by atoms with E-state index in [-0.39, 0.29) is 0 Å². The summed E-state index contributed by atoms with van der Waals surface area (Å²) in [5.41, 5.74) is 1.26. The lowest BCUT2D eigenvalue weighted by atomic mass is 10.2. The maximum absolute atomic E-state index is 6.07. The maximum Gasteiger partial charge on any atom is 0.210 e. The minimum atomic E-state index is 0.710. The van der Waals surface area contributed by atoms with Crippen molar-refractivity contribution in [3.8, 4) is 16.5 Å². The molecule has 0 aliphatic rings. The van der Waals surface area contributed by atoms with E-state index in [2.05, 4.69) is 22.3 Å². The summed E-state index contributed by atoms with van der Waals surface area (Å²) in [6.45, 7) is 0. The van der Waals surface area contributed by atoms with Gasteiger partial charge in [-0.25, -0.2) is 4.68 Å². The molecule has 0 radical (unpaired) electrons. The molecule has 0 fully saturated rings. The molecule has 1 aromatic carbocycles. The molecule has 2 N–H and O–H groups in total. The standard InChI is InChI=1S/C15H16N4OS2/c1-20-12-6-4-11(5-7-12)8-10-22-15-18-17-14(19(15)16)13-3-2-9-21-13/h2-7,9H,8,10,16H2,1H3. The molecule has 3 aromatic rings. The van der Waals surface area contributed by atoms with E-state index >= 15 is 0 Å². The van der Waals surface area contributed by atoms with E-state index in [1.807, 2.05) is 29.6 Å². The number of thiophene rings is 1. The molecular weight excluding hydrogens is 316 g/mol. The number of ether oxygens (including phenoxy) is 1. The first kappa shape index (κ1) is 14.9. The number of thioether (sulfide) groups is 1. The van der Waals surface area contributed by atoms with Gasteiger partial charge in [0.25, 0.3) is 0 Å². The summed E-state index contributed by atoms with van der Waals surface area (Å²) in [6, 6.07) is 12.1. The molecule has 2 aromatic heterocycles. The molecule has 0 saturated carbocycles. The lowest BCUT2D eigenvalue weighted by Crippen LogP contribution is -2.11. The van der Waals surface area contributed by atoms with Gasteiger partial charge in [0.1, 0.15) is 5.75 Å². The molecule has 0 amide bonds. The smallest absolute Gasteiger partial charge is 0.210 e. The van der Waals surface area contributed by atoms with Gasteiger partial charge >= 0.3 is 0 Å². The fraction of sp³-hybridized carbons (Fsp3) is 0.200. The van der Waals surface area contributed by atoms with Crippen molar-refractivity contribution in [2.75, 3.05) is 18.7 Å². The van der Waals surface area contributed by atoms with Crippen molar-refractivity contribution < 1.29 is 4.74 Å². The number of hydrogen-bond acceptors (Lipinski definition) is 6. The zero-order valence-corrected chi connectivity index (χ0v) is 13.7. The summed E-state index contributed by atoms with van der Waals surface area (Å²) in [6.07, 6.45) is 0.940. The van der Waals surface area contributed by atoms with Crippen LogP contribution in [0.15, 0.2) is 46.9 Å². The highest BCUT2D eigenvalue weighted by Crippen LogP contribution is 2.25. The van der Waals surface area contributed by atoms with E-state index in [1.165, 1.54) is 5.56 Å². The predicted octanol–water partition coefficient (Wildman–Crippen LogP) is 3.06. The first-order chi connectivity index (χ1) is 10.8. The van der Waals surface area contributed by atoms with Gasteiger partial charge in [0.15, 0.2) is 5.82 Å². The Hall–Kier alpha value is -1.99. The number of nitrogens with zero attached hydrogens (tertiary/aromatic N) is 3. The van der Waals surface area contributed by atoms with Crippen LogP contribution in [-0.2, 0) is 6.42 Å². The molecule has 0 bridgehead atoms. The highest BCUT2D eigenvalue weighted by atomic mass is 32.2. The van der Waals surface area contributed by atoms with Crippen molar-refractivity contribution in [2.24, 2.45) is 0 Å². The molecule has 0 unspecified atom stereocenters. The Morgan fingerprint density at radius 2 is 2.05 bits per heavy atom. The van der Waals surface area contributed by atoms with E-state index in [0.29, 0.717) is 5.82 Å². The molecule has 2 heterocycles. The van der Waals surface area contributed by atoms with Gasteiger partial charge in [0, 0.05) is 5.75 Å². The molecule has 3 rings (SSSR count). The lowest BCUT2D eigenvalue weighted by molar-refractivity contribution is 0.414. The van der Waals surface area contributed by atoms with Crippen molar-refractivity contribution >= 4 is 23.1 Å². The fourth-order valence-corrected chi connectivity index (χ4v) is 3.55. The summed E-state index contributed by atoms with van der Waals surface area (Å²) >= 11 is 3.21. The van der Waals surface area contributed by atoms with Gasteiger partial charge in [-0.3, -0.25) is 0 Å². The molecule has 114 valence electrons. The summed E-state index contributed by atoms with van der Waals surface area (Å²) < 4.78 is 6.71. The minimum Gasteiger partial charge on any atom is -0.497 e. The monoisotopic (exact) mass is 332 g/mol. The summed E-state index contributed by atoms with van der Waals surface area (Å²) in [7, 11) is 1.67. The van der Waals surface area contributed by atoms with Crippen LogP contribution in [0, 0.1) is 0 Å². The zero-order valence-electron chi connectivity index (χ0n) is 12.1. The third-order valence-corrected chi connectivity index (χ3v) is 5.00. The molecule has 0 atom stereocenters. The van der Waals surface area contributed by atoms with Gasteiger partial charge in [-0.05, 0) is 35.6 Å². The highest BCUT2D eigenvalue weighted by molar-refractivity contribution is 7.99. The molecule has 0 aliphatic heterocycles. The molecule has 0 aliphatic carbocycles. The predicted molar refractivity (Wildman–Crippen MR) is 90.9 cm³/mol. The Balaban J connectivity index is 1.60. The van der Waals surface area contributed by atoms with Gasteiger partial charge in [0.05, 0.1) is 12.0 Å². The van der Waals surface area contributed by atoms with Crippen LogP contribution in [-0.4, -0.2) is 27.7 Å². The van der Waals surface area contributed by atoms with Gasteiger partial charge < -0.3 is 10.6 Å². The van der Waals surface area contributed by atoms with Crippen LogP contribution in [0.25, 0.3) is 10.7 Å². The SMILES string of the molecule is COc1ccc(CCSc2nnc(-c3cccs3)n2N)cc1. The number of aromatic nitrogens is 3. The second-order valence-electron chi connectivity index (χ2n) is 4.60. The number of nitrogen functional groups attached to an aromatic ring is 1. The van der Waals surface area contributed by atoms with Crippen LogP contribution in [0.5, 0.6) is 5.75 Å². The van der Waals surface area contributed by atoms with Crippen molar-refractivity contribution in [3.63, 3.8) is 0 Å². The van der Waals surface area contributed by atoms with Gasteiger partial charge in [0.2, 0.25) is 5.16 Å². The zero-order chi connectivity index (χ0) is 15.4. The first-order valence-corrected chi connectivity index (χ1v) is 8.64. The molecule has 7 heteroatoms.